The van der Waals surface area contributed by atoms with Crippen molar-refractivity contribution in [3.8, 4) is 11.3 Å². The van der Waals surface area contributed by atoms with E-state index >= 15 is 0 Å². The van der Waals surface area contributed by atoms with Gasteiger partial charge in [0.1, 0.15) is 0 Å². The summed E-state index contributed by atoms with van der Waals surface area (Å²) in [5.74, 6) is 2.20. The molecule has 0 aliphatic heterocycles. The van der Waals surface area contributed by atoms with Gasteiger partial charge in [0.25, 0.3) is 11.5 Å². The van der Waals surface area contributed by atoms with Crippen molar-refractivity contribution in [3.63, 3.8) is 0 Å². The lowest BCUT2D eigenvalue weighted by atomic mass is 9.93. The van der Waals surface area contributed by atoms with Crippen LogP contribution in [0.25, 0.3) is 22.2 Å². The van der Waals surface area contributed by atoms with Crippen molar-refractivity contribution in [2.45, 2.75) is 46.5 Å². The third-order valence-corrected chi connectivity index (χ3v) is 6.64. The summed E-state index contributed by atoms with van der Waals surface area (Å²) < 4.78 is 16.5. The lowest BCUT2D eigenvalue weighted by Crippen LogP contribution is -2.57. The van der Waals surface area contributed by atoms with E-state index in [-0.39, 0.29) is 29.7 Å². The minimum atomic E-state index is -3.37. The molecule has 1 unspecified atom stereocenters. The molecule has 34 heavy (non-hydrogen) atoms. The Hall–Kier alpha value is -3.47. The van der Waals surface area contributed by atoms with E-state index in [2.05, 4.69) is 11.0 Å². The first kappa shape index (κ1) is 25.2. The summed E-state index contributed by atoms with van der Waals surface area (Å²) in [6.45, 7) is 7.02. The predicted octanol–water partition coefficient (Wildman–Crippen LogP) is 1.87. The Balaban J connectivity index is 2.62. The number of hydrogen-bond donors (Lipinski definition) is 0. The summed E-state index contributed by atoms with van der Waals surface area (Å²) in [4.78, 5) is 52.8. The van der Waals surface area contributed by atoms with Crippen LogP contribution in [0, 0.1) is 0 Å². The van der Waals surface area contributed by atoms with Crippen LogP contribution in [0.2, 0.25) is 0 Å². The SMILES string of the molecule is C=S(C)(=O)N(C(=O)CC)n1c(=O)c2cc(-c3ccnn3C)c(C(C)C)cc2n(C(=O)CC)c1=O. The molecular formula is C23H29N5O5S. The van der Waals surface area contributed by atoms with Gasteiger partial charge in [-0.25, -0.2) is 13.6 Å². The number of nitrogens with zero attached hydrogens (tertiary/aromatic N) is 5. The second-order valence-electron chi connectivity index (χ2n) is 8.41. The van der Waals surface area contributed by atoms with Crippen LogP contribution in [0.5, 0.6) is 0 Å². The van der Waals surface area contributed by atoms with E-state index in [1.54, 1.807) is 43.0 Å². The molecule has 0 saturated heterocycles. The third kappa shape index (κ3) is 4.11. The number of fused-ring (bicyclic) bond motifs is 1. The molecule has 0 fully saturated rings. The second-order valence-corrected chi connectivity index (χ2v) is 10.7. The minimum absolute atomic E-state index is 0.00982. The number of rotatable bonds is 6. The van der Waals surface area contributed by atoms with Gasteiger partial charge in [-0.15, -0.1) is 4.68 Å². The first-order chi connectivity index (χ1) is 15.8. The maximum Gasteiger partial charge on any atom is 0.358 e. The zero-order valence-electron chi connectivity index (χ0n) is 20.2. The fourth-order valence-corrected chi connectivity index (χ4v) is 4.94. The first-order valence-corrected chi connectivity index (χ1v) is 13.0. The topological polar surface area (TPSA) is 116 Å². The number of carbonyl (C=O) groups excluding carboxylic acids is 2. The Labute approximate surface area is 197 Å². The lowest BCUT2D eigenvalue weighted by molar-refractivity contribution is -0.118. The van der Waals surface area contributed by atoms with Crippen LogP contribution in [0.3, 0.4) is 0 Å². The second kappa shape index (κ2) is 9.05. The van der Waals surface area contributed by atoms with Gasteiger partial charge < -0.3 is 0 Å². The number of hydrogen-bond acceptors (Lipinski definition) is 6. The fraction of sp³-hybridized carbons (Fsp3) is 0.391. The largest absolute Gasteiger partial charge is 0.358 e. The van der Waals surface area contributed by atoms with Gasteiger partial charge in [0.2, 0.25) is 5.91 Å². The molecule has 0 bridgehead atoms. The Morgan fingerprint density at radius 2 is 1.82 bits per heavy atom. The molecule has 0 N–H and O–H groups in total. The van der Waals surface area contributed by atoms with E-state index in [1.165, 1.54) is 6.92 Å². The van der Waals surface area contributed by atoms with Gasteiger partial charge in [-0.1, -0.05) is 27.7 Å². The third-order valence-electron chi connectivity index (χ3n) is 5.54. The molecular weight excluding hydrogens is 458 g/mol. The molecule has 2 heterocycles. The van der Waals surface area contributed by atoms with Gasteiger partial charge in [0.05, 0.1) is 26.3 Å². The maximum atomic E-state index is 13.7. The van der Waals surface area contributed by atoms with Crippen molar-refractivity contribution >= 4 is 38.3 Å². The monoisotopic (exact) mass is 487 g/mol. The molecule has 0 aliphatic rings. The van der Waals surface area contributed by atoms with Crippen LogP contribution in [0.15, 0.2) is 34.0 Å². The van der Waals surface area contributed by atoms with Gasteiger partial charge in [-0.05, 0) is 35.6 Å². The smallest absolute Gasteiger partial charge is 0.274 e. The van der Waals surface area contributed by atoms with Gasteiger partial charge in [0.15, 0.2) is 0 Å². The van der Waals surface area contributed by atoms with Crippen LogP contribution < -0.4 is 15.7 Å². The Morgan fingerprint density at radius 3 is 2.29 bits per heavy atom. The number of benzene rings is 1. The first-order valence-electron chi connectivity index (χ1n) is 10.9. The summed E-state index contributed by atoms with van der Waals surface area (Å²) in [5.41, 5.74) is 0.437. The van der Waals surface area contributed by atoms with Crippen LogP contribution in [-0.4, -0.2) is 47.2 Å². The highest BCUT2D eigenvalue weighted by molar-refractivity contribution is 8.01. The highest BCUT2D eigenvalue weighted by atomic mass is 32.2. The van der Waals surface area contributed by atoms with E-state index in [4.69, 9.17) is 0 Å². The number of amides is 1. The van der Waals surface area contributed by atoms with Gasteiger partial charge in [-0.2, -0.15) is 9.51 Å². The van der Waals surface area contributed by atoms with E-state index in [9.17, 15) is 23.4 Å². The van der Waals surface area contributed by atoms with E-state index in [0.717, 1.165) is 22.1 Å². The van der Waals surface area contributed by atoms with Gasteiger partial charge in [-0.3, -0.25) is 19.1 Å². The molecule has 3 rings (SSSR count). The molecule has 0 radical (unpaired) electrons. The van der Waals surface area contributed by atoms with E-state index in [1.807, 2.05) is 13.8 Å². The number of aromatic nitrogens is 4. The van der Waals surface area contributed by atoms with Crippen molar-refractivity contribution in [2.24, 2.45) is 7.05 Å². The summed E-state index contributed by atoms with van der Waals surface area (Å²) in [6.07, 6.45) is 2.63. The normalized spacial score (nSPS) is 13.3. The number of aryl methyl sites for hydroxylation is 1. The van der Waals surface area contributed by atoms with Gasteiger partial charge in [0, 0.05) is 37.9 Å². The average Bonchev–Trinajstić information content (AvgIpc) is 3.19. The minimum Gasteiger partial charge on any atom is -0.274 e. The number of carbonyl (C=O) groups is 2. The van der Waals surface area contributed by atoms with Gasteiger partial charge >= 0.3 is 5.69 Å². The molecule has 3 aromatic rings. The Morgan fingerprint density at radius 1 is 1.18 bits per heavy atom. The molecule has 0 saturated carbocycles. The fourth-order valence-electron chi connectivity index (χ4n) is 3.89. The van der Waals surface area contributed by atoms with Crippen molar-refractivity contribution in [1.82, 2.24) is 19.0 Å². The molecule has 0 spiro atoms. The predicted molar refractivity (Wildman–Crippen MR) is 134 cm³/mol. The van der Waals surface area contributed by atoms with Crippen LogP contribution in [0.1, 0.15) is 56.8 Å². The molecule has 10 nitrogen and oxygen atoms in total. The highest BCUT2D eigenvalue weighted by Crippen LogP contribution is 2.32. The summed E-state index contributed by atoms with van der Waals surface area (Å²) in [5, 5.41) is 4.23. The van der Waals surface area contributed by atoms with Crippen LogP contribution in [-0.2, 0) is 21.5 Å². The highest BCUT2D eigenvalue weighted by Gasteiger charge is 2.28. The molecule has 1 amide bonds. The summed E-state index contributed by atoms with van der Waals surface area (Å²) in [6, 6.07) is 5.04. The Bertz CT molecular complexity index is 1530. The lowest BCUT2D eigenvalue weighted by Gasteiger charge is -2.26. The van der Waals surface area contributed by atoms with E-state index < -0.39 is 32.8 Å². The molecule has 1 aromatic carbocycles. The zero-order valence-corrected chi connectivity index (χ0v) is 21.0. The van der Waals surface area contributed by atoms with Crippen molar-refractivity contribution in [1.29, 1.82) is 0 Å². The van der Waals surface area contributed by atoms with Crippen LogP contribution >= 0.6 is 0 Å². The van der Waals surface area contributed by atoms with Crippen molar-refractivity contribution < 1.29 is 13.8 Å². The molecule has 1 atom stereocenters. The van der Waals surface area contributed by atoms with Crippen LogP contribution in [0.4, 0.5) is 0 Å². The van der Waals surface area contributed by atoms with E-state index in [0.29, 0.717) is 14.7 Å². The molecule has 11 heteroatoms. The zero-order chi connectivity index (χ0) is 25.5. The maximum absolute atomic E-state index is 13.7. The standard InChI is InChI=1S/C23H29N5O5S/c1-8-20(29)26-19-13-15(14(3)4)16(18-10-11-24-25(18)5)12-17(19)22(31)27(23(26)32)28(21(30)9-2)34(6,7)33/h10-14H,6,8-9H2,1-5,7H3. The summed E-state index contributed by atoms with van der Waals surface area (Å²) in [7, 11) is -1.60. The average molecular weight is 488 g/mol. The van der Waals surface area contributed by atoms with Crippen molar-refractivity contribution in [2.75, 3.05) is 10.7 Å². The molecule has 2 aromatic heterocycles. The summed E-state index contributed by atoms with van der Waals surface area (Å²) >= 11 is 0. The molecule has 182 valence electrons. The quantitative estimate of drug-likeness (QED) is 0.490. The molecule has 0 aliphatic carbocycles. The Kier molecular flexibility index (Phi) is 6.70. The van der Waals surface area contributed by atoms with Crippen molar-refractivity contribution in [3.05, 3.63) is 50.8 Å².